The molecule has 0 aromatic heterocycles. The van der Waals surface area contributed by atoms with Gasteiger partial charge in [0.2, 0.25) is 0 Å². The fraction of sp³-hybridized carbons (Fsp3) is 1.00. The molecule has 1 atom stereocenters. The Morgan fingerprint density at radius 3 is 2.13 bits per heavy atom. The van der Waals surface area contributed by atoms with E-state index in [0.29, 0.717) is 0 Å². The van der Waals surface area contributed by atoms with E-state index in [0.717, 1.165) is 38.3 Å². The Bertz CT molecular complexity index is 146. The Labute approximate surface area is 94.2 Å². The second kappa shape index (κ2) is 7.20. The van der Waals surface area contributed by atoms with E-state index >= 15 is 0 Å². The SMILES string of the molecule is C1COCCN1.CC(C)N1CC[C@H](C)C1. The lowest BCUT2D eigenvalue weighted by Crippen LogP contribution is -2.30. The van der Waals surface area contributed by atoms with Crippen molar-refractivity contribution in [2.45, 2.75) is 33.2 Å². The van der Waals surface area contributed by atoms with Crippen molar-refractivity contribution in [1.82, 2.24) is 10.2 Å². The molecule has 90 valence electrons. The number of hydrogen-bond acceptors (Lipinski definition) is 3. The van der Waals surface area contributed by atoms with Crippen LogP contribution in [0.15, 0.2) is 0 Å². The fourth-order valence-electron chi connectivity index (χ4n) is 1.95. The zero-order valence-electron chi connectivity index (χ0n) is 10.5. The van der Waals surface area contributed by atoms with E-state index in [1.54, 1.807) is 0 Å². The predicted molar refractivity (Wildman–Crippen MR) is 64.2 cm³/mol. The third-order valence-electron chi connectivity index (χ3n) is 3.03. The summed E-state index contributed by atoms with van der Waals surface area (Å²) in [7, 11) is 0. The van der Waals surface area contributed by atoms with E-state index in [2.05, 4.69) is 31.0 Å². The van der Waals surface area contributed by atoms with Gasteiger partial charge in [0.15, 0.2) is 0 Å². The molecular weight excluding hydrogens is 188 g/mol. The average Bonchev–Trinajstić information content (AvgIpc) is 2.69. The maximum Gasteiger partial charge on any atom is 0.0591 e. The Kier molecular flexibility index (Phi) is 6.22. The van der Waals surface area contributed by atoms with Crippen LogP contribution in [0, 0.1) is 5.92 Å². The summed E-state index contributed by atoms with van der Waals surface area (Å²) < 4.78 is 5.01. The molecule has 0 saturated carbocycles. The van der Waals surface area contributed by atoms with Gasteiger partial charge in [-0.3, -0.25) is 0 Å². The van der Waals surface area contributed by atoms with Crippen LogP contribution in [0.25, 0.3) is 0 Å². The summed E-state index contributed by atoms with van der Waals surface area (Å²) in [6, 6.07) is 0.759. The lowest BCUT2D eigenvalue weighted by molar-refractivity contribution is 0.109. The van der Waals surface area contributed by atoms with Crippen LogP contribution in [0.1, 0.15) is 27.2 Å². The van der Waals surface area contributed by atoms with Crippen LogP contribution in [0.3, 0.4) is 0 Å². The first kappa shape index (κ1) is 12.9. The van der Waals surface area contributed by atoms with Crippen molar-refractivity contribution in [1.29, 1.82) is 0 Å². The summed E-state index contributed by atoms with van der Waals surface area (Å²) in [5.41, 5.74) is 0. The van der Waals surface area contributed by atoms with Gasteiger partial charge in [-0.1, -0.05) is 6.92 Å². The number of nitrogens with one attached hydrogen (secondary N) is 1. The van der Waals surface area contributed by atoms with Gasteiger partial charge < -0.3 is 15.0 Å². The molecule has 1 N–H and O–H groups in total. The zero-order chi connectivity index (χ0) is 11.1. The van der Waals surface area contributed by atoms with Crippen molar-refractivity contribution >= 4 is 0 Å². The highest BCUT2D eigenvalue weighted by atomic mass is 16.5. The standard InChI is InChI=1S/C8H17N.C4H9NO/c1-7(2)9-5-4-8(3)6-9;1-3-6-4-2-5-1/h7-8H,4-6H2,1-3H3;5H,1-4H2/t8-;/m0./s1. The molecule has 3 heteroatoms. The van der Waals surface area contributed by atoms with Gasteiger partial charge in [-0.25, -0.2) is 0 Å². The minimum atomic E-state index is 0.759. The lowest BCUT2D eigenvalue weighted by atomic mass is 10.2. The second-order valence-corrected chi connectivity index (χ2v) is 4.84. The van der Waals surface area contributed by atoms with Crippen LogP contribution in [0.5, 0.6) is 0 Å². The largest absolute Gasteiger partial charge is 0.379 e. The number of ether oxygens (including phenoxy) is 1. The molecule has 0 unspecified atom stereocenters. The maximum absolute atomic E-state index is 5.01. The number of likely N-dealkylation sites (tertiary alicyclic amines) is 1. The molecular formula is C12H26N2O. The topological polar surface area (TPSA) is 24.5 Å². The van der Waals surface area contributed by atoms with Crippen LogP contribution in [0.2, 0.25) is 0 Å². The minimum Gasteiger partial charge on any atom is -0.379 e. The average molecular weight is 214 g/mol. The lowest BCUT2D eigenvalue weighted by Gasteiger charge is -2.19. The molecule has 0 bridgehead atoms. The molecule has 2 saturated heterocycles. The first-order chi connectivity index (χ1) is 7.20. The summed E-state index contributed by atoms with van der Waals surface area (Å²) in [4.78, 5) is 2.55. The number of nitrogens with zero attached hydrogens (tertiary/aromatic N) is 1. The molecule has 15 heavy (non-hydrogen) atoms. The van der Waals surface area contributed by atoms with Crippen LogP contribution >= 0.6 is 0 Å². The van der Waals surface area contributed by atoms with E-state index in [4.69, 9.17) is 4.74 Å². The van der Waals surface area contributed by atoms with Crippen LogP contribution in [-0.4, -0.2) is 50.3 Å². The van der Waals surface area contributed by atoms with Crippen molar-refractivity contribution in [2.24, 2.45) is 5.92 Å². The third-order valence-corrected chi connectivity index (χ3v) is 3.03. The Balaban J connectivity index is 0.000000162. The first-order valence-electron chi connectivity index (χ1n) is 6.22. The van der Waals surface area contributed by atoms with E-state index in [1.165, 1.54) is 19.5 Å². The van der Waals surface area contributed by atoms with Crippen molar-refractivity contribution < 1.29 is 4.74 Å². The molecule has 0 spiro atoms. The Hall–Kier alpha value is -0.120. The van der Waals surface area contributed by atoms with Gasteiger partial charge in [-0.05, 0) is 32.7 Å². The quantitative estimate of drug-likeness (QED) is 0.713. The smallest absolute Gasteiger partial charge is 0.0591 e. The van der Waals surface area contributed by atoms with Crippen molar-refractivity contribution in [3.8, 4) is 0 Å². The highest BCUT2D eigenvalue weighted by molar-refractivity contribution is 4.74. The number of hydrogen-bond donors (Lipinski definition) is 1. The van der Waals surface area contributed by atoms with E-state index in [-0.39, 0.29) is 0 Å². The van der Waals surface area contributed by atoms with E-state index in [1.807, 2.05) is 0 Å². The molecule has 2 heterocycles. The predicted octanol–water partition coefficient (Wildman–Crippen LogP) is 1.34. The molecule has 0 radical (unpaired) electrons. The fourth-order valence-corrected chi connectivity index (χ4v) is 1.95. The number of rotatable bonds is 1. The van der Waals surface area contributed by atoms with Gasteiger partial charge in [0, 0.05) is 25.7 Å². The van der Waals surface area contributed by atoms with E-state index in [9.17, 15) is 0 Å². The van der Waals surface area contributed by atoms with Gasteiger partial charge in [0.25, 0.3) is 0 Å². The van der Waals surface area contributed by atoms with Crippen molar-refractivity contribution in [3.63, 3.8) is 0 Å². The van der Waals surface area contributed by atoms with Crippen LogP contribution < -0.4 is 5.32 Å². The van der Waals surface area contributed by atoms with Gasteiger partial charge >= 0.3 is 0 Å². The summed E-state index contributed by atoms with van der Waals surface area (Å²) in [6.07, 6.45) is 1.40. The number of morpholine rings is 1. The third kappa shape index (κ3) is 5.50. The molecule has 0 aromatic carbocycles. The summed E-state index contributed by atoms with van der Waals surface area (Å²) in [6.45, 7) is 13.4. The normalized spacial score (nSPS) is 27.6. The maximum atomic E-state index is 5.01. The summed E-state index contributed by atoms with van der Waals surface area (Å²) in [5, 5.41) is 3.16. The zero-order valence-corrected chi connectivity index (χ0v) is 10.5. The van der Waals surface area contributed by atoms with Crippen molar-refractivity contribution in [2.75, 3.05) is 39.4 Å². The highest BCUT2D eigenvalue weighted by Gasteiger charge is 2.19. The highest BCUT2D eigenvalue weighted by Crippen LogP contribution is 2.16. The van der Waals surface area contributed by atoms with Crippen molar-refractivity contribution in [3.05, 3.63) is 0 Å². The molecule has 0 amide bonds. The molecule has 2 rings (SSSR count). The Morgan fingerprint density at radius 1 is 1.27 bits per heavy atom. The summed E-state index contributed by atoms with van der Waals surface area (Å²) >= 11 is 0. The van der Waals surface area contributed by atoms with E-state index < -0.39 is 0 Å². The minimum absolute atomic E-state index is 0.759. The summed E-state index contributed by atoms with van der Waals surface area (Å²) in [5.74, 6) is 0.937. The molecule has 3 nitrogen and oxygen atoms in total. The van der Waals surface area contributed by atoms with Gasteiger partial charge in [0.1, 0.15) is 0 Å². The van der Waals surface area contributed by atoms with Crippen LogP contribution in [-0.2, 0) is 4.74 Å². The van der Waals surface area contributed by atoms with Crippen LogP contribution in [0.4, 0.5) is 0 Å². The molecule has 2 aliphatic heterocycles. The first-order valence-corrected chi connectivity index (χ1v) is 6.22. The second-order valence-electron chi connectivity index (χ2n) is 4.84. The van der Waals surface area contributed by atoms with Gasteiger partial charge in [-0.15, -0.1) is 0 Å². The monoisotopic (exact) mass is 214 g/mol. The Morgan fingerprint density at radius 2 is 1.93 bits per heavy atom. The molecule has 2 fully saturated rings. The molecule has 0 aliphatic carbocycles. The van der Waals surface area contributed by atoms with Gasteiger partial charge in [0.05, 0.1) is 13.2 Å². The molecule has 2 aliphatic rings. The molecule has 0 aromatic rings. The van der Waals surface area contributed by atoms with Gasteiger partial charge in [-0.2, -0.15) is 0 Å².